The van der Waals surface area contributed by atoms with E-state index >= 15 is 0 Å². The quantitative estimate of drug-likeness (QED) is 0.569. The summed E-state index contributed by atoms with van der Waals surface area (Å²) in [4.78, 5) is 10.3. The standard InChI is InChI=1S/C20H24O2/c1-2-3-4-5-6-7-8-9-10-11-12-13-14-15-16-17-18-19-20(21)22/h2-5,8,11,16-19H2,1H3,(H,21,22). The van der Waals surface area contributed by atoms with Crippen LogP contribution in [0.4, 0.5) is 0 Å². The van der Waals surface area contributed by atoms with Crippen LogP contribution in [0.25, 0.3) is 0 Å². The Labute approximate surface area is 135 Å². The molecule has 2 heteroatoms. The zero-order valence-corrected chi connectivity index (χ0v) is 13.4. The van der Waals surface area contributed by atoms with Crippen molar-refractivity contribution >= 4 is 5.97 Å². The van der Waals surface area contributed by atoms with E-state index in [1.165, 1.54) is 19.3 Å². The van der Waals surface area contributed by atoms with Crippen molar-refractivity contribution in [1.82, 2.24) is 0 Å². The molecule has 0 aliphatic carbocycles. The van der Waals surface area contributed by atoms with Gasteiger partial charge in [-0.3, -0.25) is 4.79 Å². The van der Waals surface area contributed by atoms with Gasteiger partial charge in [-0.1, -0.05) is 49.4 Å². The molecule has 0 bridgehead atoms. The molecule has 0 aromatic carbocycles. The first kappa shape index (κ1) is 19.7. The van der Waals surface area contributed by atoms with E-state index in [4.69, 9.17) is 5.11 Å². The van der Waals surface area contributed by atoms with Gasteiger partial charge in [0, 0.05) is 19.3 Å². The van der Waals surface area contributed by atoms with E-state index in [0.717, 1.165) is 12.8 Å². The number of unbranched alkanes of at least 4 members (excludes halogenated alkanes) is 5. The summed E-state index contributed by atoms with van der Waals surface area (Å²) in [5, 5.41) is 8.46. The second-order valence-corrected chi connectivity index (χ2v) is 4.72. The highest BCUT2D eigenvalue weighted by Crippen LogP contribution is 1.98. The Bertz CT molecular complexity index is 541. The molecule has 0 saturated carbocycles. The first-order valence-electron chi connectivity index (χ1n) is 7.86. The van der Waals surface area contributed by atoms with E-state index in [-0.39, 0.29) is 6.42 Å². The summed E-state index contributed by atoms with van der Waals surface area (Å²) in [6, 6.07) is 0. The van der Waals surface area contributed by atoms with Gasteiger partial charge in [0.25, 0.3) is 0 Å². The zero-order chi connectivity index (χ0) is 16.3. The van der Waals surface area contributed by atoms with E-state index in [9.17, 15) is 4.79 Å². The molecule has 0 heterocycles. The van der Waals surface area contributed by atoms with Crippen LogP contribution in [0.5, 0.6) is 0 Å². The fraction of sp³-hybridized carbons (Fsp3) is 0.550. The molecule has 0 rings (SSSR count). The third-order valence-corrected chi connectivity index (χ3v) is 2.69. The summed E-state index contributed by atoms with van der Waals surface area (Å²) in [5.41, 5.74) is 0. The summed E-state index contributed by atoms with van der Waals surface area (Å²) in [7, 11) is 0. The fourth-order valence-electron chi connectivity index (χ4n) is 1.51. The molecule has 0 spiro atoms. The van der Waals surface area contributed by atoms with Gasteiger partial charge in [-0.2, -0.15) is 0 Å². The van der Waals surface area contributed by atoms with Crippen molar-refractivity contribution in [3.63, 3.8) is 0 Å². The van der Waals surface area contributed by atoms with Crippen molar-refractivity contribution in [2.75, 3.05) is 0 Å². The molecule has 0 radical (unpaired) electrons. The van der Waals surface area contributed by atoms with Crippen LogP contribution in [-0.4, -0.2) is 11.1 Å². The van der Waals surface area contributed by atoms with Crippen molar-refractivity contribution < 1.29 is 9.90 Å². The number of hydrogen-bond donors (Lipinski definition) is 1. The molecule has 0 atom stereocenters. The van der Waals surface area contributed by atoms with Crippen molar-refractivity contribution in [2.45, 2.75) is 71.1 Å². The molecule has 22 heavy (non-hydrogen) atoms. The molecule has 0 aliphatic rings. The van der Waals surface area contributed by atoms with Crippen LogP contribution in [0.2, 0.25) is 0 Å². The highest BCUT2D eigenvalue weighted by Gasteiger charge is 1.93. The van der Waals surface area contributed by atoms with Crippen LogP contribution in [0.1, 0.15) is 71.1 Å². The van der Waals surface area contributed by atoms with Gasteiger partial charge < -0.3 is 5.11 Å². The largest absolute Gasteiger partial charge is 0.481 e. The van der Waals surface area contributed by atoms with Crippen LogP contribution in [0, 0.1) is 47.4 Å². The Balaban J connectivity index is 3.60. The minimum Gasteiger partial charge on any atom is -0.481 e. The molecule has 0 unspecified atom stereocenters. The van der Waals surface area contributed by atoms with Crippen molar-refractivity contribution in [1.29, 1.82) is 0 Å². The van der Waals surface area contributed by atoms with E-state index in [2.05, 4.69) is 54.3 Å². The van der Waals surface area contributed by atoms with E-state index in [1.807, 2.05) is 0 Å². The lowest BCUT2D eigenvalue weighted by atomic mass is 10.2. The average molecular weight is 296 g/mol. The first-order valence-corrected chi connectivity index (χ1v) is 7.86. The third-order valence-electron chi connectivity index (χ3n) is 2.69. The van der Waals surface area contributed by atoms with Gasteiger partial charge in [0.2, 0.25) is 0 Å². The van der Waals surface area contributed by atoms with Gasteiger partial charge in [-0.25, -0.2) is 0 Å². The molecular formula is C20H24O2. The predicted octanol–water partition coefficient (Wildman–Crippen LogP) is 4.01. The summed E-state index contributed by atoms with van der Waals surface area (Å²) in [6.07, 6.45) is 8.14. The smallest absolute Gasteiger partial charge is 0.303 e. The Hall–Kier alpha value is -2.29. The predicted molar refractivity (Wildman–Crippen MR) is 90.6 cm³/mol. The van der Waals surface area contributed by atoms with E-state index in [0.29, 0.717) is 25.7 Å². The van der Waals surface area contributed by atoms with Crippen LogP contribution in [-0.2, 0) is 4.79 Å². The van der Waals surface area contributed by atoms with E-state index in [1.54, 1.807) is 0 Å². The maximum absolute atomic E-state index is 10.3. The van der Waals surface area contributed by atoms with Gasteiger partial charge in [0.15, 0.2) is 0 Å². The summed E-state index contributed by atoms with van der Waals surface area (Å²) >= 11 is 0. The van der Waals surface area contributed by atoms with Crippen LogP contribution < -0.4 is 0 Å². The van der Waals surface area contributed by atoms with Gasteiger partial charge in [0.1, 0.15) is 0 Å². The fourth-order valence-corrected chi connectivity index (χ4v) is 1.51. The minimum absolute atomic E-state index is 0.213. The number of carboxylic acid groups (broad SMARTS) is 1. The van der Waals surface area contributed by atoms with Gasteiger partial charge >= 0.3 is 5.97 Å². The molecular weight excluding hydrogens is 272 g/mol. The first-order chi connectivity index (χ1) is 10.8. The number of hydrogen-bond acceptors (Lipinski definition) is 1. The van der Waals surface area contributed by atoms with Crippen LogP contribution in [0.15, 0.2) is 0 Å². The SMILES string of the molecule is CCCCCC#CCC#CCC#CC#CCCCCC(=O)O. The monoisotopic (exact) mass is 296 g/mol. The lowest BCUT2D eigenvalue weighted by Crippen LogP contribution is -1.92. The van der Waals surface area contributed by atoms with Gasteiger partial charge in [0.05, 0.1) is 12.8 Å². The van der Waals surface area contributed by atoms with Crippen LogP contribution >= 0.6 is 0 Å². The molecule has 2 nitrogen and oxygen atoms in total. The Morgan fingerprint density at radius 1 is 0.773 bits per heavy atom. The molecule has 116 valence electrons. The number of carbonyl (C=O) groups is 1. The zero-order valence-electron chi connectivity index (χ0n) is 13.4. The molecule has 0 aliphatic heterocycles. The average Bonchev–Trinajstić information content (AvgIpc) is 2.50. The van der Waals surface area contributed by atoms with E-state index < -0.39 is 5.97 Å². The second kappa shape index (κ2) is 16.8. The Kier molecular flexibility index (Phi) is 15.0. The maximum Gasteiger partial charge on any atom is 0.303 e. The normalized spacial score (nSPS) is 8.05. The van der Waals surface area contributed by atoms with Gasteiger partial charge in [-0.05, 0) is 31.1 Å². The molecule has 1 N–H and O–H groups in total. The molecule has 0 saturated heterocycles. The number of carboxylic acids is 1. The highest BCUT2D eigenvalue weighted by molar-refractivity contribution is 5.66. The van der Waals surface area contributed by atoms with Crippen molar-refractivity contribution in [3.8, 4) is 47.4 Å². The van der Waals surface area contributed by atoms with Crippen molar-refractivity contribution in [2.24, 2.45) is 0 Å². The Morgan fingerprint density at radius 3 is 2.09 bits per heavy atom. The summed E-state index contributed by atoms with van der Waals surface area (Å²) < 4.78 is 0. The topological polar surface area (TPSA) is 37.3 Å². The van der Waals surface area contributed by atoms with Crippen LogP contribution in [0.3, 0.4) is 0 Å². The number of rotatable bonds is 7. The number of aliphatic carboxylic acids is 1. The summed E-state index contributed by atoms with van der Waals surface area (Å²) in [5.74, 6) is 22.6. The lowest BCUT2D eigenvalue weighted by Gasteiger charge is -1.90. The molecule has 0 aromatic heterocycles. The lowest BCUT2D eigenvalue weighted by molar-refractivity contribution is -0.137. The second-order valence-electron chi connectivity index (χ2n) is 4.72. The Morgan fingerprint density at radius 2 is 1.36 bits per heavy atom. The molecule has 0 fully saturated rings. The minimum atomic E-state index is -0.753. The van der Waals surface area contributed by atoms with Gasteiger partial charge in [-0.15, -0.1) is 5.92 Å². The van der Waals surface area contributed by atoms with Crippen molar-refractivity contribution in [3.05, 3.63) is 0 Å². The maximum atomic E-state index is 10.3. The third kappa shape index (κ3) is 17.7. The highest BCUT2D eigenvalue weighted by atomic mass is 16.4. The molecule has 0 amide bonds. The molecule has 0 aromatic rings. The summed E-state index contributed by atoms with van der Waals surface area (Å²) in [6.45, 7) is 2.18.